The third kappa shape index (κ3) is 1.64. The van der Waals surface area contributed by atoms with Crippen molar-refractivity contribution in [3.63, 3.8) is 0 Å². The molecule has 0 bridgehead atoms. The molecule has 13 heavy (non-hydrogen) atoms. The third-order valence-corrected chi connectivity index (χ3v) is 3.53. The Morgan fingerprint density at radius 2 is 1.85 bits per heavy atom. The molecule has 3 nitrogen and oxygen atoms in total. The van der Waals surface area contributed by atoms with Gasteiger partial charge in [-0.2, -0.15) is 0 Å². The lowest BCUT2D eigenvalue weighted by molar-refractivity contribution is 0.181. The van der Waals surface area contributed by atoms with Crippen molar-refractivity contribution in [3.8, 4) is 0 Å². The second kappa shape index (κ2) is 3.56. The van der Waals surface area contributed by atoms with Crippen LogP contribution < -0.4 is 5.73 Å². The number of hydrogen-bond acceptors (Lipinski definition) is 1. The van der Waals surface area contributed by atoms with Crippen LogP contribution in [0.3, 0.4) is 0 Å². The van der Waals surface area contributed by atoms with Crippen LogP contribution in [-0.4, -0.2) is 23.5 Å². The zero-order valence-corrected chi connectivity index (χ0v) is 8.04. The first-order chi connectivity index (χ1) is 6.29. The highest BCUT2D eigenvalue weighted by Crippen LogP contribution is 2.35. The molecule has 1 aliphatic heterocycles. The highest BCUT2D eigenvalue weighted by Gasteiger charge is 2.34. The van der Waals surface area contributed by atoms with E-state index in [2.05, 4.69) is 0 Å². The molecule has 3 heteroatoms. The van der Waals surface area contributed by atoms with E-state index in [-0.39, 0.29) is 6.03 Å². The minimum Gasteiger partial charge on any atom is -0.351 e. The van der Waals surface area contributed by atoms with Crippen molar-refractivity contribution < 1.29 is 4.79 Å². The van der Waals surface area contributed by atoms with Crippen LogP contribution >= 0.6 is 0 Å². The first-order valence-electron chi connectivity index (χ1n) is 5.35. The fourth-order valence-corrected chi connectivity index (χ4v) is 2.90. The Bertz CT molecular complexity index is 199. The van der Waals surface area contributed by atoms with E-state index in [1.165, 1.54) is 32.1 Å². The number of hydrogen-bond donors (Lipinski definition) is 1. The third-order valence-electron chi connectivity index (χ3n) is 3.53. The average Bonchev–Trinajstić information content (AvgIpc) is 2.74. The van der Waals surface area contributed by atoms with E-state index in [4.69, 9.17) is 5.73 Å². The van der Waals surface area contributed by atoms with Crippen LogP contribution in [0.5, 0.6) is 0 Å². The van der Waals surface area contributed by atoms with E-state index in [0.29, 0.717) is 6.04 Å². The summed E-state index contributed by atoms with van der Waals surface area (Å²) in [7, 11) is 0. The van der Waals surface area contributed by atoms with Gasteiger partial charge in [0.15, 0.2) is 0 Å². The van der Waals surface area contributed by atoms with Gasteiger partial charge in [0, 0.05) is 12.6 Å². The van der Waals surface area contributed by atoms with Gasteiger partial charge in [-0.25, -0.2) is 4.79 Å². The molecule has 0 aromatic rings. The van der Waals surface area contributed by atoms with Crippen LogP contribution in [0.4, 0.5) is 4.79 Å². The van der Waals surface area contributed by atoms with E-state index in [0.717, 1.165) is 18.9 Å². The van der Waals surface area contributed by atoms with Gasteiger partial charge in [-0.15, -0.1) is 0 Å². The van der Waals surface area contributed by atoms with Gasteiger partial charge in [0.05, 0.1) is 0 Å². The van der Waals surface area contributed by atoms with Crippen LogP contribution in [-0.2, 0) is 0 Å². The second-order valence-electron chi connectivity index (χ2n) is 4.29. The van der Waals surface area contributed by atoms with Gasteiger partial charge >= 0.3 is 6.03 Å². The molecule has 0 radical (unpaired) electrons. The molecule has 2 fully saturated rings. The Hall–Kier alpha value is -0.730. The lowest BCUT2D eigenvalue weighted by Crippen LogP contribution is -2.42. The van der Waals surface area contributed by atoms with Gasteiger partial charge in [0.25, 0.3) is 0 Å². The van der Waals surface area contributed by atoms with E-state index in [1.54, 1.807) is 0 Å². The summed E-state index contributed by atoms with van der Waals surface area (Å²) in [6, 6.07) is 0.259. The maximum atomic E-state index is 11.1. The molecule has 2 aliphatic rings. The molecule has 1 aliphatic carbocycles. The minimum atomic E-state index is -0.214. The molecule has 0 aromatic heterocycles. The number of carbonyl (C=O) groups excluding carboxylic acids is 1. The summed E-state index contributed by atoms with van der Waals surface area (Å²) in [5.74, 6) is 0.745. The number of nitrogens with zero attached hydrogens (tertiary/aromatic N) is 1. The number of carbonyl (C=O) groups is 1. The van der Waals surface area contributed by atoms with Crippen molar-refractivity contribution in [1.29, 1.82) is 0 Å². The fraction of sp³-hybridized carbons (Fsp3) is 0.900. The summed E-state index contributed by atoms with van der Waals surface area (Å²) in [5, 5.41) is 0. The largest absolute Gasteiger partial charge is 0.351 e. The van der Waals surface area contributed by atoms with Gasteiger partial charge in [-0.1, -0.05) is 12.8 Å². The number of primary amides is 1. The van der Waals surface area contributed by atoms with E-state index < -0.39 is 0 Å². The van der Waals surface area contributed by atoms with Crippen LogP contribution in [0.2, 0.25) is 0 Å². The van der Waals surface area contributed by atoms with Crippen LogP contribution in [0, 0.1) is 5.92 Å². The molecule has 2 N–H and O–H groups in total. The van der Waals surface area contributed by atoms with Crippen molar-refractivity contribution in [2.45, 2.75) is 44.6 Å². The predicted molar refractivity (Wildman–Crippen MR) is 51.3 cm³/mol. The average molecular weight is 182 g/mol. The molecule has 1 atom stereocenters. The van der Waals surface area contributed by atoms with Gasteiger partial charge < -0.3 is 10.6 Å². The van der Waals surface area contributed by atoms with Crippen molar-refractivity contribution in [2.75, 3.05) is 6.54 Å². The number of amides is 2. The van der Waals surface area contributed by atoms with Crippen molar-refractivity contribution in [3.05, 3.63) is 0 Å². The summed E-state index contributed by atoms with van der Waals surface area (Å²) >= 11 is 0. The number of nitrogens with two attached hydrogens (primary N) is 1. The van der Waals surface area contributed by atoms with Crippen LogP contribution in [0.25, 0.3) is 0 Å². The normalized spacial score (nSPS) is 29.8. The summed E-state index contributed by atoms with van der Waals surface area (Å²) < 4.78 is 0. The summed E-state index contributed by atoms with van der Waals surface area (Å²) in [4.78, 5) is 13.0. The highest BCUT2D eigenvalue weighted by atomic mass is 16.2. The first-order valence-corrected chi connectivity index (χ1v) is 5.35. The summed E-state index contributed by atoms with van der Waals surface area (Å²) in [6.07, 6.45) is 7.60. The first kappa shape index (κ1) is 8.85. The van der Waals surface area contributed by atoms with Gasteiger partial charge in [0.1, 0.15) is 0 Å². The maximum Gasteiger partial charge on any atom is 0.315 e. The summed E-state index contributed by atoms with van der Waals surface area (Å²) in [6.45, 7) is 0.885. The molecule has 2 rings (SSSR count). The molecule has 0 aromatic carbocycles. The number of urea groups is 1. The predicted octanol–water partition coefficient (Wildman–Crippen LogP) is 1.72. The Labute approximate surface area is 79.3 Å². The van der Waals surface area contributed by atoms with Crippen molar-refractivity contribution in [1.82, 2.24) is 4.90 Å². The quantitative estimate of drug-likeness (QED) is 0.659. The second-order valence-corrected chi connectivity index (χ2v) is 4.29. The molecule has 74 valence electrons. The molecule has 1 heterocycles. The maximum absolute atomic E-state index is 11.1. The lowest BCUT2D eigenvalue weighted by Gasteiger charge is -2.27. The van der Waals surface area contributed by atoms with E-state index in [9.17, 15) is 4.79 Å². The van der Waals surface area contributed by atoms with Crippen LogP contribution in [0.15, 0.2) is 0 Å². The standard InChI is InChI=1S/C10H18N2O/c11-10(13)12-7-3-6-9(12)8-4-1-2-5-8/h8-9H,1-7H2,(H2,11,13). The van der Waals surface area contributed by atoms with Crippen LogP contribution in [0.1, 0.15) is 38.5 Å². The smallest absolute Gasteiger partial charge is 0.315 e. The molecular formula is C10H18N2O. The Morgan fingerprint density at radius 1 is 1.15 bits per heavy atom. The molecule has 1 saturated heterocycles. The van der Waals surface area contributed by atoms with E-state index in [1.807, 2.05) is 4.90 Å². The fourth-order valence-electron chi connectivity index (χ4n) is 2.90. The minimum absolute atomic E-state index is 0.214. The lowest BCUT2D eigenvalue weighted by atomic mass is 9.96. The van der Waals surface area contributed by atoms with Gasteiger partial charge in [-0.3, -0.25) is 0 Å². The zero-order valence-electron chi connectivity index (χ0n) is 8.04. The molecule has 2 amide bonds. The highest BCUT2D eigenvalue weighted by molar-refractivity contribution is 5.72. The number of rotatable bonds is 1. The molecule has 1 saturated carbocycles. The zero-order chi connectivity index (χ0) is 9.26. The number of likely N-dealkylation sites (tertiary alicyclic amines) is 1. The molecule has 1 unspecified atom stereocenters. The monoisotopic (exact) mass is 182 g/mol. The van der Waals surface area contributed by atoms with Crippen molar-refractivity contribution >= 4 is 6.03 Å². The molecular weight excluding hydrogens is 164 g/mol. The topological polar surface area (TPSA) is 46.3 Å². The Morgan fingerprint density at radius 3 is 2.46 bits per heavy atom. The van der Waals surface area contributed by atoms with Crippen molar-refractivity contribution in [2.24, 2.45) is 11.7 Å². The SMILES string of the molecule is NC(=O)N1CCCC1C1CCCC1. The van der Waals surface area contributed by atoms with E-state index >= 15 is 0 Å². The Balaban J connectivity index is 2.00. The summed E-state index contributed by atoms with van der Waals surface area (Å²) in [5.41, 5.74) is 5.34. The van der Waals surface area contributed by atoms with Gasteiger partial charge in [0.2, 0.25) is 0 Å². The molecule has 0 spiro atoms. The Kier molecular flexibility index (Phi) is 2.42. The van der Waals surface area contributed by atoms with Gasteiger partial charge in [-0.05, 0) is 31.6 Å².